The van der Waals surface area contributed by atoms with E-state index in [9.17, 15) is 18.4 Å². The lowest BCUT2D eigenvalue weighted by Crippen LogP contribution is -2.23. The molecule has 2 heterocycles. The number of rotatable bonds is 6. The van der Waals surface area contributed by atoms with Crippen molar-refractivity contribution in [3.05, 3.63) is 63.5 Å². The van der Waals surface area contributed by atoms with Crippen molar-refractivity contribution < 1.29 is 22.8 Å². The summed E-state index contributed by atoms with van der Waals surface area (Å²) in [6.45, 7) is 1.91. The average molecular weight is 436 g/mol. The molecule has 0 unspecified atom stereocenters. The molecule has 1 aromatic carbocycles. The molecule has 2 amide bonds. The zero-order valence-electron chi connectivity index (χ0n) is 15.7. The number of aromatic nitrogens is 3. The van der Waals surface area contributed by atoms with Crippen LogP contribution in [0.2, 0.25) is 5.02 Å². The Labute approximate surface area is 174 Å². The molecule has 1 fully saturated rings. The molecular formula is C19H16ClF2N5O3. The van der Waals surface area contributed by atoms with E-state index in [1.165, 1.54) is 6.07 Å². The molecule has 3 N–H and O–H groups in total. The zero-order valence-corrected chi connectivity index (χ0v) is 16.4. The van der Waals surface area contributed by atoms with E-state index in [2.05, 4.69) is 25.8 Å². The highest BCUT2D eigenvalue weighted by Crippen LogP contribution is 2.41. The molecule has 1 aliphatic carbocycles. The van der Waals surface area contributed by atoms with Crippen molar-refractivity contribution in [2.45, 2.75) is 32.2 Å². The van der Waals surface area contributed by atoms with Gasteiger partial charge in [-0.1, -0.05) is 11.6 Å². The summed E-state index contributed by atoms with van der Waals surface area (Å²) in [5.41, 5.74) is 0.692. The smallest absolute Gasteiger partial charge is 0.269 e. The fourth-order valence-corrected chi connectivity index (χ4v) is 3.16. The Morgan fingerprint density at radius 1 is 1.23 bits per heavy atom. The highest BCUT2D eigenvalue weighted by molar-refractivity contribution is 6.34. The van der Waals surface area contributed by atoms with Gasteiger partial charge in [0.15, 0.2) is 23.3 Å². The first-order valence-corrected chi connectivity index (χ1v) is 9.45. The van der Waals surface area contributed by atoms with Crippen LogP contribution in [0, 0.1) is 18.6 Å². The minimum absolute atomic E-state index is 0.0140. The number of hydrogen-bond donors (Lipinski definition) is 3. The Kier molecular flexibility index (Phi) is 5.25. The Hall–Kier alpha value is -3.27. The van der Waals surface area contributed by atoms with Crippen LogP contribution in [-0.4, -0.2) is 27.0 Å². The van der Waals surface area contributed by atoms with E-state index in [0.717, 1.165) is 18.5 Å². The van der Waals surface area contributed by atoms with Crippen LogP contribution in [0.4, 0.5) is 14.6 Å². The lowest BCUT2D eigenvalue weighted by molar-refractivity contribution is 0.0942. The summed E-state index contributed by atoms with van der Waals surface area (Å²) in [4.78, 5) is 29.0. The standard InChI is InChI=1S/C19H16ClF2N5O3/c1-8-24-17(9-2-3-9)15(30-8)7-23-19(29)14-6-16(27-26-14)25-18(28)10-4-12(21)13(22)5-11(10)20/h4-6,9H,2-3,7H2,1H3,(H,23,29)(H2,25,26,27,28). The third-order valence-corrected chi connectivity index (χ3v) is 4.84. The number of H-pyrrole nitrogens is 1. The van der Waals surface area contributed by atoms with Crippen LogP contribution >= 0.6 is 11.6 Å². The molecule has 0 aliphatic heterocycles. The summed E-state index contributed by atoms with van der Waals surface area (Å²) in [5.74, 6) is -2.09. The van der Waals surface area contributed by atoms with E-state index < -0.39 is 23.4 Å². The Morgan fingerprint density at radius 3 is 2.70 bits per heavy atom. The SMILES string of the molecule is Cc1nc(C2CC2)c(CNC(=O)c2cc(NC(=O)c3cc(F)c(F)cc3Cl)n[nH]2)o1. The fourth-order valence-electron chi connectivity index (χ4n) is 2.93. The van der Waals surface area contributed by atoms with Gasteiger partial charge in [-0.2, -0.15) is 5.10 Å². The van der Waals surface area contributed by atoms with E-state index in [-0.39, 0.29) is 28.6 Å². The van der Waals surface area contributed by atoms with Crippen molar-refractivity contribution in [1.29, 1.82) is 0 Å². The highest BCUT2D eigenvalue weighted by Gasteiger charge is 2.30. The largest absolute Gasteiger partial charge is 0.444 e. The van der Waals surface area contributed by atoms with Gasteiger partial charge in [0.25, 0.3) is 11.8 Å². The van der Waals surface area contributed by atoms with Crippen LogP contribution < -0.4 is 10.6 Å². The van der Waals surface area contributed by atoms with E-state index in [1.54, 1.807) is 6.92 Å². The van der Waals surface area contributed by atoms with Gasteiger partial charge in [-0.15, -0.1) is 0 Å². The summed E-state index contributed by atoms with van der Waals surface area (Å²) in [6, 6.07) is 2.69. The quantitative estimate of drug-likeness (QED) is 0.511. The van der Waals surface area contributed by atoms with Crippen LogP contribution in [-0.2, 0) is 6.54 Å². The number of oxazole rings is 1. The summed E-state index contributed by atoms with van der Waals surface area (Å²) in [7, 11) is 0. The lowest BCUT2D eigenvalue weighted by Gasteiger charge is -2.05. The number of carbonyl (C=O) groups is 2. The number of benzene rings is 1. The normalized spacial score (nSPS) is 13.3. The second kappa shape index (κ2) is 7.86. The van der Waals surface area contributed by atoms with Crippen molar-refractivity contribution >= 4 is 29.2 Å². The molecule has 0 bridgehead atoms. The summed E-state index contributed by atoms with van der Waals surface area (Å²) < 4.78 is 32.1. The molecule has 3 aromatic rings. The molecule has 8 nitrogen and oxygen atoms in total. The Morgan fingerprint density at radius 2 is 1.97 bits per heavy atom. The van der Waals surface area contributed by atoms with Crippen molar-refractivity contribution in [3.63, 3.8) is 0 Å². The van der Waals surface area contributed by atoms with Crippen LogP contribution in [0.15, 0.2) is 22.6 Å². The maximum absolute atomic E-state index is 13.4. The van der Waals surface area contributed by atoms with Crippen LogP contribution in [0.5, 0.6) is 0 Å². The number of nitrogens with one attached hydrogen (secondary N) is 3. The number of nitrogens with zero attached hydrogens (tertiary/aromatic N) is 2. The summed E-state index contributed by atoms with van der Waals surface area (Å²) in [5, 5.41) is 11.1. The summed E-state index contributed by atoms with van der Waals surface area (Å²) >= 11 is 5.78. The molecule has 2 aromatic heterocycles. The molecule has 11 heteroatoms. The average Bonchev–Trinajstić information content (AvgIpc) is 3.32. The Bertz CT molecular complexity index is 1140. The topological polar surface area (TPSA) is 113 Å². The number of carbonyl (C=O) groups excluding carboxylic acids is 2. The number of anilines is 1. The van der Waals surface area contributed by atoms with Gasteiger partial charge in [0, 0.05) is 18.9 Å². The monoisotopic (exact) mass is 435 g/mol. The zero-order chi connectivity index (χ0) is 21.4. The van der Waals surface area contributed by atoms with E-state index >= 15 is 0 Å². The number of hydrogen-bond acceptors (Lipinski definition) is 5. The highest BCUT2D eigenvalue weighted by atomic mass is 35.5. The molecule has 0 spiro atoms. The minimum Gasteiger partial charge on any atom is -0.444 e. The van der Waals surface area contributed by atoms with E-state index in [1.807, 2.05) is 0 Å². The fraction of sp³-hybridized carbons (Fsp3) is 0.263. The molecule has 4 rings (SSSR count). The van der Waals surface area contributed by atoms with Crippen molar-refractivity contribution in [2.24, 2.45) is 0 Å². The van der Waals surface area contributed by atoms with Gasteiger partial charge < -0.3 is 15.1 Å². The Balaban J connectivity index is 1.39. The first-order chi connectivity index (χ1) is 14.3. The molecule has 0 saturated heterocycles. The number of aromatic amines is 1. The van der Waals surface area contributed by atoms with Crippen molar-refractivity contribution in [2.75, 3.05) is 5.32 Å². The first-order valence-electron chi connectivity index (χ1n) is 9.07. The maximum Gasteiger partial charge on any atom is 0.269 e. The summed E-state index contributed by atoms with van der Waals surface area (Å²) in [6.07, 6.45) is 2.11. The van der Waals surface area contributed by atoms with Crippen molar-refractivity contribution in [1.82, 2.24) is 20.5 Å². The lowest BCUT2D eigenvalue weighted by atomic mass is 10.2. The second-order valence-electron chi connectivity index (χ2n) is 6.87. The van der Waals surface area contributed by atoms with Gasteiger partial charge in [0.1, 0.15) is 11.5 Å². The van der Waals surface area contributed by atoms with Gasteiger partial charge in [0.2, 0.25) is 0 Å². The van der Waals surface area contributed by atoms with Gasteiger partial charge in [-0.3, -0.25) is 14.7 Å². The van der Waals surface area contributed by atoms with Crippen LogP contribution in [0.25, 0.3) is 0 Å². The van der Waals surface area contributed by atoms with Crippen LogP contribution in [0.1, 0.15) is 57.0 Å². The van der Waals surface area contributed by atoms with Crippen molar-refractivity contribution in [3.8, 4) is 0 Å². The maximum atomic E-state index is 13.4. The molecule has 0 atom stereocenters. The van der Waals surface area contributed by atoms with Gasteiger partial charge in [-0.05, 0) is 25.0 Å². The molecule has 30 heavy (non-hydrogen) atoms. The predicted molar refractivity (Wildman–Crippen MR) is 102 cm³/mol. The third kappa shape index (κ3) is 4.18. The van der Waals surface area contributed by atoms with Gasteiger partial charge in [0.05, 0.1) is 22.8 Å². The predicted octanol–water partition coefficient (Wildman–Crippen LogP) is 3.70. The van der Waals surface area contributed by atoms with Crippen LogP contribution in [0.3, 0.4) is 0 Å². The molecule has 1 aliphatic rings. The first kappa shape index (κ1) is 20.0. The molecule has 1 saturated carbocycles. The van der Waals surface area contributed by atoms with E-state index in [0.29, 0.717) is 29.7 Å². The van der Waals surface area contributed by atoms with E-state index in [4.69, 9.17) is 16.0 Å². The molecule has 0 radical (unpaired) electrons. The molecular weight excluding hydrogens is 420 g/mol. The number of amides is 2. The third-order valence-electron chi connectivity index (χ3n) is 4.53. The number of halogens is 3. The molecule has 156 valence electrons. The second-order valence-corrected chi connectivity index (χ2v) is 7.27. The van der Waals surface area contributed by atoms with Gasteiger partial charge >= 0.3 is 0 Å². The minimum atomic E-state index is -1.21. The number of aryl methyl sites for hydroxylation is 1. The van der Waals surface area contributed by atoms with Gasteiger partial charge in [-0.25, -0.2) is 13.8 Å².